The topological polar surface area (TPSA) is 0 Å². The van der Waals surface area contributed by atoms with Gasteiger partial charge in [-0.15, -0.1) is 0 Å². The van der Waals surface area contributed by atoms with Crippen LogP contribution in [0.2, 0.25) is 0 Å². The number of hydrogen-bond donors (Lipinski definition) is 0. The first kappa shape index (κ1) is 10.7. The molecule has 1 aromatic carbocycles. The van der Waals surface area contributed by atoms with E-state index in [1.54, 1.807) is 0 Å². The highest BCUT2D eigenvalue weighted by atomic mass is 31.1. The van der Waals surface area contributed by atoms with Gasteiger partial charge in [0.15, 0.2) is 0 Å². The molecular weight excluding hydrogens is 175 g/mol. The average molecular weight is 194 g/mol. The quantitative estimate of drug-likeness (QED) is 0.646. The van der Waals surface area contributed by atoms with E-state index in [4.69, 9.17) is 0 Å². The van der Waals surface area contributed by atoms with Crippen LogP contribution in [-0.2, 0) is 0 Å². The molecule has 1 rings (SSSR count). The molecule has 0 saturated heterocycles. The Morgan fingerprint density at radius 3 is 2.54 bits per heavy atom. The zero-order valence-electron chi connectivity index (χ0n) is 9.02. The van der Waals surface area contributed by atoms with Crippen LogP contribution in [0.3, 0.4) is 0 Å². The van der Waals surface area contributed by atoms with Crippen LogP contribution in [0.25, 0.3) is 0 Å². The first-order chi connectivity index (χ1) is 6.03. The van der Waals surface area contributed by atoms with Gasteiger partial charge in [0.05, 0.1) is 0 Å². The van der Waals surface area contributed by atoms with Crippen LogP contribution in [0.5, 0.6) is 0 Å². The molecule has 0 aliphatic carbocycles. The highest BCUT2D eigenvalue weighted by Gasteiger charge is 2.15. The largest absolute Gasteiger partial charge is 0.0846 e. The molecule has 13 heavy (non-hydrogen) atoms. The third kappa shape index (κ3) is 3.48. The molecule has 1 unspecified atom stereocenters. The molecule has 0 aliphatic rings. The first-order valence-electron chi connectivity index (χ1n) is 4.88. The standard InChI is InChI=1S/C12H19P/c1-5-12(3,4)13-11-8-6-7-10(2)9-11/h6-9,13H,5H2,1-4H3. The summed E-state index contributed by atoms with van der Waals surface area (Å²) in [4.78, 5) is 0. The molecule has 0 radical (unpaired) electrons. The van der Waals surface area contributed by atoms with Crippen molar-refractivity contribution in [3.05, 3.63) is 29.8 Å². The fourth-order valence-corrected chi connectivity index (χ4v) is 2.64. The lowest BCUT2D eigenvalue weighted by atomic mass is 10.1. The van der Waals surface area contributed by atoms with Crippen molar-refractivity contribution in [2.75, 3.05) is 0 Å². The molecule has 0 aliphatic heterocycles. The van der Waals surface area contributed by atoms with E-state index in [2.05, 4.69) is 52.0 Å². The van der Waals surface area contributed by atoms with Crippen LogP contribution < -0.4 is 5.30 Å². The minimum atomic E-state index is 0.466. The van der Waals surface area contributed by atoms with Crippen molar-refractivity contribution in [1.82, 2.24) is 0 Å². The maximum atomic E-state index is 2.34. The Balaban J connectivity index is 2.74. The molecule has 0 aromatic heterocycles. The second-order valence-electron chi connectivity index (χ2n) is 4.23. The summed E-state index contributed by atoms with van der Waals surface area (Å²) in [6.07, 6.45) is 1.25. The van der Waals surface area contributed by atoms with Gasteiger partial charge in [-0.3, -0.25) is 0 Å². The Kier molecular flexibility index (Phi) is 3.50. The lowest BCUT2D eigenvalue weighted by molar-refractivity contribution is 0.681. The fraction of sp³-hybridized carbons (Fsp3) is 0.500. The summed E-state index contributed by atoms with van der Waals surface area (Å²) in [5.41, 5.74) is 1.37. The molecule has 0 heterocycles. The first-order valence-corrected chi connectivity index (χ1v) is 5.88. The third-order valence-corrected chi connectivity index (χ3v) is 4.01. The third-order valence-electron chi connectivity index (χ3n) is 2.38. The van der Waals surface area contributed by atoms with Crippen molar-refractivity contribution in [1.29, 1.82) is 0 Å². The van der Waals surface area contributed by atoms with E-state index >= 15 is 0 Å². The van der Waals surface area contributed by atoms with Gasteiger partial charge in [-0.05, 0) is 23.8 Å². The Bertz CT molecular complexity index is 276. The van der Waals surface area contributed by atoms with Crippen molar-refractivity contribution in [2.45, 2.75) is 39.3 Å². The summed E-state index contributed by atoms with van der Waals surface area (Å²) in [5.74, 6) is 0. The van der Waals surface area contributed by atoms with E-state index in [1.807, 2.05) is 0 Å². The van der Waals surface area contributed by atoms with Crippen LogP contribution in [0.4, 0.5) is 0 Å². The van der Waals surface area contributed by atoms with Gasteiger partial charge in [0.1, 0.15) is 0 Å². The molecule has 0 N–H and O–H groups in total. The minimum Gasteiger partial charge on any atom is -0.0846 e. The van der Waals surface area contributed by atoms with Crippen molar-refractivity contribution in [2.24, 2.45) is 0 Å². The molecule has 1 aromatic rings. The predicted molar refractivity (Wildman–Crippen MR) is 63.5 cm³/mol. The molecular formula is C12H19P. The van der Waals surface area contributed by atoms with Gasteiger partial charge in [-0.1, -0.05) is 59.2 Å². The van der Waals surface area contributed by atoms with Crippen LogP contribution in [0.15, 0.2) is 24.3 Å². The summed E-state index contributed by atoms with van der Waals surface area (Å²) < 4.78 is 0. The van der Waals surface area contributed by atoms with E-state index < -0.39 is 0 Å². The van der Waals surface area contributed by atoms with Crippen LogP contribution in [0.1, 0.15) is 32.8 Å². The monoisotopic (exact) mass is 194 g/mol. The van der Waals surface area contributed by atoms with Crippen molar-refractivity contribution >= 4 is 13.9 Å². The Hall–Kier alpha value is -0.350. The predicted octanol–water partition coefficient (Wildman–Crippen LogP) is 3.49. The molecule has 1 atom stereocenters. The highest BCUT2D eigenvalue weighted by molar-refractivity contribution is 7.48. The van der Waals surface area contributed by atoms with E-state index in [9.17, 15) is 0 Å². The van der Waals surface area contributed by atoms with Crippen molar-refractivity contribution in [3.63, 3.8) is 0 Å². The summed E-state index contributed by atoms with van der Waals surface area (Å²) >= 11 is 0. The molecule has 0 nitrogen and oxygen atoms in total. The lowest BCUT2D eigenvalue weighted by Crippen LogP contribution is -2.15. The van der Waals surface area contributed by atoms with Gasteiger partial charge in [0.25, 0.3) is 0 Å². The summed E-state index contributed by atoms with van der Waals surface area (Å²) in [6.45, 7) is 9.11. The fourth-order valence-electron chi connectivity index (χ4n) is 1.20. The second kappa shape index (κ2) is 4.24. The van der Waals surface area contributed by atoms with Gasteiger partial charge in [0, 0.05) is 0 Å². The normalized spacial score (nSPS) is 12.6. The molecule has 0 spiro atoms. The Morgan fingerprint density at radius 2 is 2.00 bits per heavy atom. The van der Waals surface area contributed by atoms with Crippen LogP contribution in [0, 0.1) is 6.92 Å². The lowest BCUT2D eigenvalue weighted by Gasteiger charge is -2.22. The van der Waals surface area contributed by atoms with Gasteiger partial charge < -0.3 is 0 Å². The number of benzene rings is 1. The summed E-state index contributed by atoms with van der Waals surface area (Å²) in [7, 11) is 0.928. The number of aryl methyl sites for hydroxylation is 1. The molecule has 0 bridgehead atoms. The second-order valence-corrected chi connectivity index (χ2v) is 6.41. The SMILES string of the molecule is CCC(C)(C)Pc1cccc(C)c1. The van der Waals surface area contributed by atoms with Gasteiger partial charge in [-0.2, -0.15) is 0 Å². The van der Waals surface area contributed by atoms with Crippen LogP contribution in [-0.4, -0.2) is 5.16 Å². The maximum Gasteiger partial charge on any atom is -0.0141 e. The molecule has 1 heteroatoms. The molecule has 0 saturated carbocycles. The minimum absolute atomic E-state index is 0.466. The van der Waals surface area contributed by atoms with Crippen LogP contribution >= 0.6 is 8.58 Å². The Labute approximate surface area is 83.5 Å². The maximum absolute atomic E-state index is 2.34. The molecule has 0 amide bonds. The molecule has 72 valence electrons. The number of hydrogen-bond acceptors (Lipinski definition) is 0. The van der Waals surface area contributed by atoms with Gasteiger partial charge in [-0.25, -0.2) is 0 Å². The van der Waals surface area contributed by atoms with Crippen molar-refractivity contribution in [3.8, 4) is 0 Å². The average Bonchev–Trinajstić information content (AvgIpc) is 2.03. The highest BCUT2D eigenvalue weighted by Crippen LogP contribution is 2.33. The molecule has 0 fully saturated rings. The van der Waals surface area contributed by atoms with Gasteiger partial charge in [0.2, 0.25) is 0 Å². The summed E-state index contributed by atoms with van der Waals surface area (Å²) in [5, 5.41) is 1.96. The number of rotatable bonds is 3. The Morgan fingerprint density at radius 1 is 1.31 bits per heavy atom. The van der Waals surface area contributed by atoms with E-state index in [-0.39, 0.29) is 0 Å². The van der Waals surface area contributed by atoms with Crippen molar-refractivity contribution < 1.29 is 0 Å². The van der Waals surface area contributed by atoms with E-state index in [1.165, 1.54) is 17.3 Å². The van der Waals surface area contributed by atoms with Gasteiger partial charge >= 0.3 is 0 Å². The smallest absolute Gasteiger partial charge is 0.0141 e. The summed E-state index contributed by atoms with van der Waals surface area (Å²) in [6, 6.07) is 8.86. The zero-order chi connectivity index (χ0) is 9.90. The zero-order valence-corrected chi connectivity index (χ0v) is 10.0. The van der Waals surface area contributed by atoms with E-state index in [0.717, 1.165) is 8.58 Å². The van der Waals surface area contributed by atoms with E-state index in [0.29, 0.717) is 5.16 Å².